The molecule has 1 aromatic rings. The number of methoxy groups -OCH3 is 1. The molecule has 1 unspecified atom stereocenters. The van der Waals surface area contributed by atoms with Gasteiger partial charge in [-0.25, -0.2) is 9.78 Å². The van der Waals surface area contributed by atoms with Gasteiger partial charge in [0.15, 0.2) is 5.82 Å². The van der Waals surface area contributed by atoms with E-state index in [4.69, 9.17) is 10.5 Å². The summed E-state index contributed by atoms with van der Waals surface area (Å²) in [5, 5.41) is 16.4. The van der Waals surface area contributed by atoms with Gasteiger partial charge in [0.2, 0.25) is 11.1 Å². The van der Waals surface area contributed by atoms with Gasteiger partial charge in [0, 0.05) is 18.6 Å². The van der Waals surface area contributed by atoms with Crippen LogP contribution in [-0.4, -0.2) is 67.1 Å². The van der Waals surface area contributed by atoms with Gasteiger partial charge in [-0.2, -0.15) is 0 Å². The number of rotatable bonds is 6. The summed E-state index contributed by atoms with van der Waals surface area (Å²) in [4.78, 5) is 28.9. The van der Waals surface area contributed by atoms with Gasteiger partial charge in [-0.15, -0.1) is 16.9 Å². The summed E-state index contributed by atoms with van der Waals surface area (Å²) in [6, 6.07) is -0.617. The molecule has 11 heteroatoms. The molecular formula is C12H15N5O4S2. The monoisotopic (exact) mass is 357 g/mol. The Morgan fingerprint density at radius 2 is 2.43 bits per heavy atom. The number of fused-ring (bicyclic) bond motifs is 1. The Balaban J connectivity index is 1.74. The molecule has 9 nitrogen and oxygen atoms in total. The van der Waals surface area contributed by atoms with Crippen LogP contribution in [0.1, 0.15) is 5.82 Å². The fourth-order valence-electron chi connectivity index (χ4n) is 2.39. The van der Waals surface area contributed by atoms with Crippen molar-refractivity contribution in [3.63, 3.8) is 0 Å². The number of amides is 1. The molecule has 3 heterocycles. The molecule has 124 valence electrons. The number of ether oxygens (including phenoxy) is 1. The number of aromatic nitrogens is 3. The van der Waals surface area contributed by atoms with E-state index < -0.39 is 12.0 Å². The van der Waals surface area contributed by atoms with Gasteiger partial charge in [-0.3, -0.25) is 14.8 Å². The van der Waals surface area contributed by atoms with E-state index in [9.17, 15) is 14.7 Å². The van der Waals surface area contributed by atoms with Gasteiger partial charge >= 0.3 is 5.97 Å². The number of nitrogens with one attached hydrogen (secondary N) is 1. The van der Waals surface area contributed by atoms with Crippen molar-refractivity contribution in [1.82, 2.24) is 20.1 Å². The first-order valence-corrected chi connectivity index (χ1v) is 8.75. The van der Waals surface area contributed by atoms with Gasteiger partial charge in [0.05, 0.1) is 0 Å². The van der Waals surface area contributed by atoms with Crippen LogP contribution in [0.15, 0.2) is 16.4 Å². The van der Waals surface area contributed by atoms with E-state index in [0.29, 0.717) is 34.7 Å². The van der Waals surface area contributed by atoms with Crippen LogP contribution in [0.5, 0.6) is 0 Å². The molecular weight excluding hydrogens is 342 g/mol. The number of carbonyl (C=O) groups excluding carboxylic acids is 1. The van der Waals surface area contributed by atoms with Crippen LogP contribution in [0.3, 0.4) is 0 Å². The Labute approximate surface area is 140 Å². The van der Waals surface area contributed by atoms with E-state index in [1.54, 1.807) is 7.11 Å². The van der Waals surface area contributed by atoms with Crippen LogP contribution in [0.4, 0.5) is 0 Å². The predicted octanol–water partition coefficient (Wildman–Crippen LogP) is -0.376. The van der Waals surface area contributed by atoms with Crippen LogP contribution in [0.25, 0.3) is 0 Å². The maximum Gasteiger partial charge on any atom is 0.352 e. The molecule has 0 aromatic carbocycles. The van der Waals surface area contributed by atoms with Crippen molar-refractivity contribution in [2.24, 2.45) is 5.73 Å². The number of hydrogen-bond acceptors (Lipinski definition) is 8. The van der Waals surface area contributed by atoms with Crippen LogP contribution in [0, 0.1) is 0 Å². The van der Waals surface area contributed by atoms with Crippen LogP contribution < -0.4 is 5.73 Å². The lowest BCUT2D eigenvalue weighted by Crippen LogP contribution is -2.68. The Bertz CT molecular complexity index is 676. The molecule has 2 atom stereocenters. The van der Waals surface area contributed by atoms with Gasteiger partial charge in [0.25, 0.3) is 0 Å². The number of nitrogens with zero attached hydrogens (tertiary/aromatic N) is 3. The maximum atomic E-state index is 11.8. The van der Waals surface area contributed by atoms with Crippen molar-refractivity contribution in [2.75, 3.05) is 18.6 Å². The van der Waals surface area contributed by atoms with Crippen LogP contribution in [-0.2, 0) is 20.9 Å². The summed E-state index contributed by atoms with van der Waals surface area (Å²) in [5.74, 6) is 0.0598. The maximum absolute atomic E-state index is 11.8. The lowest BCUT2D eigenvalue weighted by Gasteiger charge is -2.48. The van der Waals surface area contributed by atoms with Crippen LogP contribution >= 0.6 is 23.5 Å². The molecule has 1 amide bonds. The second-order valence-corrected chi connectivity index (χ2v) is 7.03. The first-order valence-electron chi connectivity index (χ1n) is 6.71. The van der Waals surface area contributed by atoms with Crippen molar-refractivity contribution >= 4 is 35.4 Å². The minimum absolute atomic E-state index is 0.0422. The molecule has 0 radical (unpaired) electrons. The molecule has 2 aliphatic heterocycles. The fraction of sp³-hybridized carbons (Fsp3) is 0.500. The summed E-state index contributed by atoms with van der Waals surface area (Å²) in [6.07, 6.45) is 0. The Morgan fingerprint density at radius 1 is 1.65 bits per heavy atom. The first kappa shape index (κ1) is 16.3. The van der Waals surface area contributed by atoms with E-state index in [2.05, 4.69) is 15.2 Å². The van der Waals surface area contributed by atoms with Gasteiger partial charge in [0.1, 0.15) is 23.7 Å². The number of aliphatic carboxylic acids is 1. The zero-order valence-electron chi connectivity index (χ0n) is 12.2. The number of thioether (sulfide) groups is 2. The average molecular weight is 357 g/mol. The number of aromatic amines is 1. The third-order valence-electron chi connectivity index (χ3n) is 3.46. The quantitative estimate of drug-likeness (QED) is 0.460. The lowest BCUT2D eigenvalue weighted by atomic mass is 10.0. The Hall–Kier alpha value is -1.56. The molecule has 0 bridgehead atoms. The zero-order chi connectivity index (χ0) is 16.6. The van der Waals surface area contributed by atoms with Gasteiger partial charge in [-0.05, 0) is 5.57 Å². The molecule has 4 N–H and O–H groups in total. The number of nitrogens with two attached hydrogens (primary N) is 1. The smallest absolute Gasteiger partial charge is 0.352 e. The van der Waals surface area contributed by atoms with E-state index in [1.165, 1.54) is 28.4 Å². The largest absolute Gasteiger partial charge is 0.477 e. The minimum Gasteiger partial charge on any atom is -0.477 e. The topological polar surface area (TPSA) is 134 Å². The fourth-order valence-corrected chi connectivity index (χ4v) is 4.64. The van der Waals surface area contributed by atoms with Crippen molar-refractivity contribution in [3.8, 4) is 0 Å². The summed E-state index contributed by atoms with van der Waals surface area (Å²) in [6.45, 7) is 0.328. The van der Waals surface area contributed by atoms with E-state index >= 15 is 0 Å². The summed E-state index contributed by atoms with van der Waals surface area (Å²) in [7, 11) is 1.56. The lowest BCUT2D eigenvalue weighted by molar-refractivity contribution is -0.147. The highest BCUT2D eigenvalue weighted by atomic mass is 32.2. The number of hydrogen-bond donors (Lipinski definition) is 3. The standard InChI is InChI=1S/C12H15N5O4S2/c1-21-2-6-14-12(16-15-6)23-4-5-3-22-10-7(13)9(18)17(10)8(5)11(19)20/h7,10H,2-4,13H2,1H3,(H,19,20)(H,14,15,16)/t7?,10-/m1/s1. The first-order chi connectivity index (χ1) is 11.0. The normalized spacial score (nSPS) is 23.7. The SMILES string of the molecule is COCc1nc(SCC2=C(C(=O)O)N3C(=O)C(N)[C@H]3SC2)n[nH]1. The highest BCUT2D eigenvalue weighted by molar-refractivity contribution is 8.01. The van der Waals surface area contributed by atoms with Gasteiger partial charge < -0.3 is 15.6 Å². The van der Waals surface area contributed by atoms with Gasteiger partial charge in [-0.1, -0.05) is 11.8 Å². The van der Waals surface area contributed by atoms with Crippen molar-refractivity contribution < 1.29 is 19.4 Å². The second-order valence-electron chi connectivity index (χ2n) is 4.98. The van der Waals surface area contributed by atoms with E-state index in [-0.39, 0.29) is 17.0 Å². The summed E-state index contributed by atoms with van der Waals surface area (Å²) in [5.41, 5.74) is 6.42. The van der Waals surface area contributed by atoms with Crippen molar-refractivity contribution in [2.45, 2.75) is 23.2 Å². The summed E-state index contributed by atoms with van der Waals surface area (Å²) < 4.78 is 4.95. The highest BCUT2D eigenvalue weighted by Crippen LogP contribution is 2.40. The highest BCUT2D eigenvalue weighted by Gasteiger charge is 2.51. The zero-order valence-corrected chi connectivity index (χ0v) is 13.8. The number of carboxylic acid groups (broad SMARTS) is 1. The molecule has 2 aliphatic rings. The molecule has 1 aromatic heterocycles. The number of carbonyl (C=O) groups is 2. The van der Waals surface area contributed by atoms with Crippen molar-refractivity contribution in [1.29, 1.82) is 0 Å². The molecule has 0 saturated carbocycles. The summed E-state index contributed by atoms with van der Waals surface area (Å²) >= 11 is 2.79. The number of carboxylic acids is 1. The average Bonchev–Trinajstić information content (AvgIpc) is 2.99. The second kappa shape index (κ2) is 6.51. The third kappa shape index (κ3) is 2.96. The molecule has 23 heavy (non-hydrogen) atoms. The molecule has 0 aliphatic carbocycles. The van der Waals surface area contributed by atoms with Crippen molar-refractivity contribution in [3.05, 3.63) is 17.1 Å². The molecule has 0 spiro atoms. The predicted molar refractivity (Wildman–Crippen MR) is 83.5 cm³/mol. The Morgan fingerprint density at radius 3 is 3.13 bits per heavy atom. The third-order valence-corrected chi connectivity index (χ3v) is 5.75. The number of β-lactam (4-membered cyclic amide) rings is 1. The van der Waals surface area contributed by atoms with Crippen LogP contribution in [0.2, 0.25) is 0 Å². The van der Waals surface area contributed by atoms with E-state index in [1.807, 2.05) is 0 Å². The Kier molecular flexibility index (Phi) is 4.62. The molecule has 1 saturated heterocycles. The minimum atomic E-state index is -1.11. The molecule has 1 fully saturated rings. The molecule has 3 rings (SSSR count). The van der Waals surface area contributed by atoms with E-state index in [0.717, 1.165) is 0 Å². The number of H-pyrrole nitrogens is 1.